The molecule has 0 aliphatic heterocycles. The van der Waals surface area contributed by atoms with Crippen molar-refractivity contribution in [3.63, 3.8) is 0 Å². The lowest BCUT2D eigenvalue weighted by Gasteiger charge is -2.18. The molecule has 2 aromatic rings. The highest BCUT2D eigenvalue weighted by Crippen LogP contribution is 2.28. The number of benzene rings is 1. The Hall–Kier alpha value is -2.24. The number of nitrogens with one attached hydrogen (secondary N) is 3. The van der Waals surface area contributed by atoms with Gasteiger partial charge in [0.25, 0.3) is 0 Å². The zero-order chi connectivity index (χ0) is 13.3. The number of nitrogens with zero attached hydrogens (tertiary/aromatic N) is 1. The van der Waals surface area contributed by atoms with E-state index in [0.717, 1.165) is 11.2 Å². The number of carbonyl (C=O) groups excluding carboxylic acids is 1. The number of aromatic amines is 2. The Kier molecular flexibility index (Phi) is 3.10. The zero-order valence-corrected chi connectivity index (χ0v) is 10.6. The Morgan fingerprint density at radius 2 is 1.89 bits per heavy atom. The van der Waals surface area contributed by atoms with Crippen LogP contribution in [0.4, 0.5) is 11.4 Å². The van der Waals surface area contributed by atoms with Gasteiger partial charge < -0.3 is 20.2 Å². The minimum Gasteiger partial charge on any atom is -0.376 e. The van der Waals surface area contributed by atoms with Crippen LogP contribution in [0.3, 0.4) is 0 Å². The maximum absolute atomic E-state index is 11.5. The Morgan fingerprint density at radius 3 is 2.44 bits per heavy atom. The lowest BCUT2D eigenvalue weighted by atomic mass is 10.2. The van der Waals surface area contributed by atoms with Crippen molar-refractivity contribution in [3.05, 3.63) is 22.6 Å². The molecule has 1 amide bonds. The van der Waals surface area contributed by atoms with Crippen molar-refractivity contribution in [2.24, 2.45) is 0 Å². The van der Waals surface area contributed by atoms with Crippen LogP contribution in [0.2, 0.25) is 0 Å². The summed E-state index contributed by atoms with van der Waals surface area (Å²) in [4.78, 5) is 30.0. The van der Waals surface area contributed by atoms with Crippen LogP contribution in [0.1, 0.15) is 13.3 Å². The third kappa shape index (κ3) is 2.22. The second-order valence-electron chi connectivity index (χ2n) is 4.29. The number of imidazole rings is 1. The summed E-state index contributed by atoms with van der Waals surface area (Å²) in [5.41, 5.74) is 2.68. The van der Waals surface area contributed by atoms with E-state index in [1.54, 1.807) is 13.0 Å². The van der Waals surface area contributed by atoms with Gasteiger partial charge in [-0.3, -0.25) is 4.79 Å². The normalized spacial score (nSPS) is 10.6. The van der Waals surface area contributed by atoms with Gasteiger partial charge in [0, 0.05) is 20.5 Å². The van der Waals surface area contributed by atoms with Gasteiger partial charge in [-0.05, 0) is 12.1 Å². The molecule has 6 heteroatoms. The first-order chi connectivity index (χ1) is 8.51. The molecule has 1 aromatic heterocycles. The largest absolute Gasteiger partial charge is 0.376 e. The standard InChI is InChI=1S/C12H16N4O2/c1-4-11(17)13-9-5-7-8(15-12(18)14-7)6-10(9)16(2)3/h5-6H,4H2,1-3H3,(H,13,17)(H2,14,15,18). The minimum absolute atomic E-state index is 0.0599. The Bertz CT molecular complexity index is 639. The first kappa shape index (κ1) is 12.2. The summed E-state index contributed by atoms with van der Waals surface area (Å²) >= 11 is 0. The third-order valence-electron chi connectivity index (χ3n) is 2.71. The van der Waals surface area contributed by atoms with Gasteiger partial charge in [-0.25, -0.2) is 4.79 Å². The molecule has 0 atom stereocenters. The van der Waals surface area contributed by atoms with Gasteiger partial charge in [-0.1, -0.05) is 6.92 Å². The maximum atomic E-state index is 11.5. The molecule has 18 heavy (non-hydrogen) atoms. The minimum atomic E-state index is -0.256. The van der Waals surface area contributed by atoms with Crippen molar-refractivity contribution in [1.29, 1.82) is 0 Å². The Morgan fingerprint density at radius 1 is 1.28 bits per heavy atom. The summed E-state index contributed by atoms with van der Waals surface area (Å²) in [6.45, 7) is 1.79. The van der Waals surface area contributed by atoms with Crippen LogP contribution in [0.5, 0.6) is 0 Å². The van der Waals surface area contributed by atoms with Gasteiger partial charge in [0.15, 0.2) is 0 Å². The van der Waals surface area contributed by atoms with Crippen molar-refractivity contribution in [2.75, 3.05) is 24.3 Å². The number of hydrogen-bond donors (Lipinski definition) is 3. The van der Waals surface area contributed by atoms with E-state index < -0.39 is 0 Å². The summed E-state index contributed by atoms with van der Waals surface area (Å²) in [6, 6.07) is 3.59. The van der Waals surface area contributed by atoms with E-state index >= 15 is 0 Å². The second-order valence-corrected chi connectivity index (χ2v) is 4.29. The smallest absolute Gasteiger partial charge is 0.323 e. The van der Waals surface area contributed by atoms with Crippen LogP contribution >= 0.6 is 0 Å². The molecule has 0 saturated heterocycles. The number of fused-ring (bicyclic) bond motifs is 1. The summed E-state index contributed by atoms with van der Waals surface area (Å²) < 4.78 is 0. The third-order valence-corrected chi connectivity index (χ3v) is 2.71. The molecule has 0 radical (unpaired) electrons. The highest BCUT2D eigenvalue weighted by Gasteiger charge is 2.10. The lowest BCUT2D eigenvalue weighted by Crippen LogP contribution is -2.15. The van der Waals surface area contributed by atoms with Crippen molar-refractivity contribution in [3.8, 4) is 0 Å². The Balaban J connectivity index is 2.57. The van der Waals surface area contributed by atoms with Gasteiger partial charge in [0.05, 0.1) is 22.4 Å². The molecule has 0 aliphatic carbocycles. The fraction of sp³-hybridized carbons (Fsp3) is 0.333. The average molecular weight is 248 g/mol. The SMILES string of the molecule is CCC(=O)Nc1cc2[nH]c(=O)[nH]c2cc1N(C)C. The van der Waals surface area contributed by atoms with Crippen LogP contribution in [-0.2, 0) is 4.79 Å². The molecular weight excluding hydrogens is 232 g/mol. The predicted molar refractivity (Wildman–Crippen MR) is 72.2 cm³/mol. The molecule has 2 rings (SSSR count). The van der Waals surface area contributed by atoms with Crippen molar-refractivity contribution >= 4 is 28.3 Å². The van der Waals surface area contributed by atoms with E-state index in [9.17, 15) is 9.59 Å². The summed E-state index contributed by atoms with van der Waals surface area (Å²) in [6.07, 6.45) is 0.411. The summed E-state index contributed by atoms with van der Waals surface area (Å²) in [7, 11) is 3.76. The molecule has 0 bridgehead atoms. The van der Waals surface area contributed by atoms with Gasteiger partial charge in [-0.15, -0.1) is 0 Å². The number of H-pyrrole nitrogens is 2. The van der Waals surface area contributed by atoms with Crippen molar-refractivity contribution < 1.29 is 4.79 Å². The van der Waals surface area contributed by atoms with E-state index in [0.29, 0.717) is 17.6 Å². The predicted octanol–water partition coefficient (Wildman–Crippen LogP) is 1.27. The molecule has 6 nitrogen and oxygen atoms in total. The van der Waals surface area contributed by atoms with Gasteiger partial charge in [-0.2, -0.15) is 0 Å². The van der Waals surface area contributed by atoms with Gasteiger partial charge in [0.1, 0.15) is 0 Å². The van der Waals surface area contributed by atoms with E-state index in [1.807, 2.05) is 25.1 Å². The van der Waals surface area contributed by atoms with Crippen LogP contribution < -0.4 is 15.9 Å². The van der Waals surface area contributed by atoms with Gasteiger partial charge in [0.2, 0.25) is 5.91 Å². The first-order valence-electron chi connectivity index (χ1n) is 5.74. The molecule has 1 aromatic carbocycles. The first-order valence-corrected chi connectivity index (χ1v) is 5.74. The number of carbonyl (C=O) groups is 1. The van der Waals surface area contributed by atoms with Crippen LogP contribution in [0, 0.1) is 0 Å². The molecule has 0 saturated carbocycles. The molecule has 96 valence electrons. The van der Waals surface area contributed by atoms with E-state index in [2.05, 4.69) is 15.3 Å². The molecule has 0 fully saturated rings. The topological polar surface area (TPSA) is 81.0 Å². The Labute approximate surface area is 104 Å². The number of aromatic nitrogens is 2. The molecule has 0 aliphatic rings. The van der Waals surface area contributed by atoms with Crippen molar-refractivity contribution in [2.45, 2.75) is 13.3 Å². The van der Waals surface area contributed by atoms with E-state index in [1.165, 1.54) is 0 Å². The van der Waals surface area contributed by atoms with Crippen LogP contribution in [0.25, 0.3) is 11.0 Å². The summed E-state index contributed by atoms with van der Waals surface area (Å²) in [5.74, 6) is -0.0599. The number of anilines is 2. The van der Waals surface area contributed by atoms with Crippen molar-refractivity contribution in [1.82, 2.24) is 9.97 Å². The lowest BCUT2D eigenvalue weighted by molar-refractivity contribution is -0.115. The maximum Gasteiger partial charge on any atom is 0.323 e. The quantitative estimate of drug-likeness (QED) is 0.765. The number of amides is 1. The number of rotatable bonds is 3. The van der Waals surface area contributed by atoms with Gasteiger partial charge >= 0.3 is 5.69 Å². The van der Waals surface area contributed by atoms with E-state index in [4.69, 9.17) is 0 Å². The van der Waals surface area contributed by atoms with Crippen LogP contribution in [-0.4, -0.2) is 30.0 Å². The molecular formula is C12H16N4O2. The fourth-order valence-electron chi connectivity index (χ4n) is 1.78. The molecule has 0 unspecified atom stereocenters. The highest BCUT2D eigenvalue weighted by molar-refractivity contribution is 5.98. The highest BCUT2D eigenvalue weighted by atomic mass is 16.1. The summed E-state index contributed by atoms with van der Waals surface area (Å²) in [5, 5.41) is 2.83. The average Bonchev–Trinajstić information content (AvgIpc) is 2.66. The fourth-order valence-corrected chi connectivity index (χ4v) is 1.78. The molecule has 1 heterocycles. The second kappa shape index (κ2) is 4.56. The number of hydrogen-bond acceptors (Lipinski definition) is 3. The van der Waals surface area contributed by atoms with E-state index in [-0.39, 0.29) is 11.6 Å². The monoisotopic (exact) mass is 248 g/mol. The molecule has 0 spiro atoms. The molecule has 3 N–H and O–H groups in total. The zero-order valence-electron chi connectivity index (χ0n) is 10.6. The van der Waals surface area contributed by atoms with Crippen LogP contribution in [0.15, 0.2) is 16.9 Å².